The lowest BCUT2D eigenvalue weighted by atomic mass is 10.2. The van der Waals surface area contributed by atoms with Crippen LogP contribution in [0.3, 0.4) is 0 Å². The summed E-state index contributed by atoms with van der Waals surface area (Å²) in [5.41, 5.74) is 1.63. The Bertz CT molecular complexity index is 774. The summed E-state index contributed by atoms with van der Waals surface area (Å²) in [6.45, 7) is 3.63. The van der Waals surface area contributed by atoms with Gasteiger partial charge in [0.05, 0.1) is 0 Å². The maximum atomic E-state index is 12.9. The molecule has 0 spiro atoms. The Morgan fingerprint density at radius 2 is 1.44 bits per heavy atom. The molecule has 0 atom stereocenters. The maximum Gasteiger partial charge on any atom is 0.257 e. The maximum absolute atomic E-state index is 12.9. The lowest BCUT2D eigenvalue weighted by molar-refractivity contribution is -0.118. The van der Waals surface area contributed by atoms with Crippen molar-refractivity contribution in [1.82, 2.24) is 5.32 Å². The standard InChI is InChI=1S/C18H18FN3O2S/c1-11(2)16(23)20-14-7-9-15(10-8-14)21-18(25)22-17(24)12-3-5-13(19)6-4-12/h3-11H,1-2H3,(H,20,23)(H2,21,22,24,25). The summed E-state index contributed by atoms with van der Waals surface area (Å²) in [5, 5.41) is 8.28. The van der Waals surface area contributed by atoms with Gasteiger partial charge in [-0.2, -0.15) is 0 Å². The monoisotopic (exact) mass is 359 g/mol. The van der Waals surface area contributed by atoms with Gasteiger partial charge in [0.2, 0.25) is 5.91 Å². The SMILES string of the molecule is CC(C)C(=O)Nc1ccc(NC(=S)NC(=O)c2ccc(F)cc2)cc1. The number of carbonyl (C=O) groups is 2. The minimum Gasteiger partial charge on any atom is -0.332 e. The molecule has 0 unspecified atom stereocenters. The third-order valence-corrected chi connectivity index (χ3v) is 3.47. The number of hydrogen-bond acceptors (Lipinski definition) is 3. The first-order chi connectivity index (χ1) is 11.8. The largest absolute Gasteiger partial charge is 0.332 e. The van der Waals surface area contributed by atoms with E-state index in [4.69, 9.17) is 12.2 Å². The Kier molecular flexibility index (Phi) is 6.19. The van der Waals surface area contributed by atoms with Crippen LogP contribution in [0.2, 0.25) is 0 Å². The van der Waals surface area contributed by atoms with Crippen LogP contribution in [-0.2, 0) is 4.79 Å². The van der Waals surface area contributed by atoms with Crippen LogP contribution in [-0.4, -0.2) is 16.9 Å². The van der Waals surface area contributed by atoms with Gasteiger partial charge in [0, 0.05) is 22.9 Å². The predicted octanol–water partition coefficient (Wildman–Crippen LogP) is 3.55. The van der Waals surface area contributed by atoms with Crippen LogP contribution in [0, 0.1) is 11.7 Å². The highest BCUT2D eigenvalue weighted by atomic mass is 32.1. The highest BCUT2D eigenvalue weighted by Gasteiger charge is 2.09. The normalized spacial score (nSPS) is 10.2. The van der Waals surface area contributed by atoms with Crippen LogP contribution >= 0.6 is 12.2 Å². The fourth-order valence-electron chi connectivity index (χ4n) is 1.86. The van der Waals surface area contributed by atoms with Crippen molar-refractivity contribution in [3.8, 4) is 0 Å². The fraction of sp³-hybridized carbons (Fsp3) is 0.167. The zero-order valence-corrected chi connectivity index (χ0v) is 14.6. The van der Waals surface area contributed by atoms with Gasteiger partial charge in [0.1, 0.15) is 5.82 Å². The minimum absolute atomic E-state index is 0.0669. The second-order valence-corrected chi connectivity index (χ2v) is 6.04. The van der Waals surface area contributed by atoms with E-state index in [-0.39, 0.29) is 16.9 Å². The average Bonchev–Trinajstić information content (AvgIpc) is 2.57. The molecule has 0 saturated heterocycles. The molecule has 0 bridgehead atoms. The second-order valence-electron chi connectivity index (χ2n) is 5.64. The number of carbonyl (C=O) groups excluding carboxylic acids is 2. The van der Waals surface area contributed by atoms with Gasteiger partial charge in [0.15, 0.2) is 5.11 Å². The number of amides is 2. The van der Waals surface area contributed by atoms with E-state index in [1.807, 2.05) is 13.8 Å². The molecule has 2 aromatic carbocycles. The highest BCUT2D eigenvalue weighted by Crippen LogP contribution is 2.14. The minimum atomic E-state index is -0.432. The van der Waals surface area contributed by atoms with E-state index in [0.717, 1.165) is 0 Å². The number of anilines is 2. The summed E-state index contributed by atoms with van der Waals surface area (Å²) in [7, 11) is 0. The van der Waals surface area contributed by atoms with Crippen molar-refractivity contribution < 1.29 is 14.0 Å². The molecule has 0 heterocycles. The molecule has 7 heteroatoms. The van der Waals surface area contributed by atoms with Gasteiger partial charge in [-0.1, -0.05) is 13.8 Å². The molecule has 25 heavy (non-hydrogen) atoms. The van der Waals surface area contributed by atoms with E-state index in [9.17, 15) is 14.0 Å². The molecule has 0 fully saturated rings. The number of hydrogen-bond donors (Lipinski definition) is 3. The molecule has 130 valence electrons. The number of benzene rings is 2. The zero-order chi connectivity index (χ0) is 18.4. The molecule has 0 saturated carbocycles. The van der Waals surface area contributed by atoms with E-state index in [1.165, 1.54) is 24.3 Å². The van der Waals surface area contributed by atoms with Gasteiger partial charge in [-0.05, 0) is 60.7 Å². The summed E-state index contributed by atoms with van der Waals surface area (Å²) in [5.74, 6) is -1.02. The van der Waals surface area contributed by atoms with Crippen molar-refractivity contribution in [2.24, 2.45) is 5.92 Å². The van der Waals surface area contributed by atoms with Crippen molar-refractivity contribution >= 4 is 40.5 Å². The quantitative estimate of drug-likeness (QED) is 0.730. The van der Waals surface area contributed by atoms with E-state index in [1.54, 1.807) is 24.3 Å². The Morgan fingerprint density at radius 1 is 0.920 bits per heavy atom. The van der Waals surface area contributed by atoms with Crippen molar-refractivity contribution in [2.45, 2.75) is 13.8 Å². The molecule has 0 aromatic heterocycles. The third kappa shape index (κ3) is 5.65. The first-order valence-electron chi connectivity index (χ1n) is 7.64. The Balaban J connectivity index is 1.91. The molecule has 0 radical (unpaired) electrons. The summed E-state index contributed by atoms with van der Waals surface area (Å²) in [4.78, 5) is 23.6. The van der Waals surface area contributed by atoms with Crippen LogP contribution in [0.15, 0.2) is 48.5 Å². The van der Waals surface area contributed by atoms with E-state index in [2.05, 4.69) is 16.0 Å². The van der Waals surface area contributed by atoms with E-state index < -0.39 is 11.7 Å². The van der Waals surface area contributed by atoms with Crippen molar-refractivity contribution in [3.05, 3.63) is 59.9 Å². The summed E-state index contributed by atoms with van der Waals surface area (Å²) >= 11 is 5.09. The lowest BCUT2D eigenvalue weighted by Crippen LogP contribution is -2.34. The Hall–Kier alpha value is -2.80. The van der Waals surface area contributed by atoms with Crippen LogP contribution in [0.4, 0.5) is 15.8 Å². The van der Waals surface area contributed by atoms with Crippen LogP contribution in [0.5, 0.6) is 0 Å². The first-order valence-corrected chi connectivity index (χ1v) is 8.05. The van der Waals surface area contributed by atoms with Crippen LogP contribution in [0.25, 0.3) is 0 Å². The van der Waals surface area contributed by atoms with Crippen LogP contribution in [0.1, 0.15) is 24.2 Å². The molecule has 2 amide bonds. The number of halogens is 1. The topological polar surface area (TPSA) is 70.2 Å². The second kappa shape index (κ2) is 8.34. The molecular formula is C18H18FN3O2S. The first kappa shape index (κ1) is 18.5. The van der Waals surface area contributed by atoms with Crippen molar-refractivity contribution in [3.63, 3.8) is 0 Å². The molecule has 2 aromatic rings. The molecule has 0 aliphatic rings. The Morgan fingerprint density at radius 3 is 1.96 bits per heavy atom. The van der Waals surface area contributed by atoms with Gasteiger partial charge >= 0.3 is 0 Å². The van der Waals surface area contributed by atoms with Gasteiger partial charge in [-0.25, -0.2) is 4.39 Å². The van der Waals surface area contributed by atoms with E-state index in [0.29, 0.717) is 16.9 Å². The lowest BCUT2D eigenvalue weighted by Gasteiger charge is -2.11. The Labute approximate surface area is 150 Å². The molecule has 0 aliphatic heterocycles. The molecular weight excluding hydrogens is 341 g/mol. The predicted molar refractivity (Wildman–Crippen MR) is 100.0 cm³/mol. The molecule has 5 nitrogen and oxygen atoms in total. The van der Waals surface area contributed by atoms with E-state index >= 15 is 0 Å². The summed E-state index contributed by atoms with van der Waals surface area (Å²) in [6, 6.07) is 12.1. The third-order valence-electron chi connectivity index (χ3n) is 3.27. The molecule has 2 rings (SSSR count). The number of nitrogens with one attached hydrogen (secondary N) is 3. The van der Waals surface area contributed by atoms with Gasteiger partial charge in [-0.15, -0.1) is 0 Å². The fourth-order valence-corrected chi connectivity index (χ4v) is 2.07. The zero-order valence-electron chi connectivity index (χ0n) is 13.8. The van der Waals surface area contributed by atoms with Gasteiger partial charge < -0.3 is 10.6 Å². The molecule has 3 N–H and O–H groups in total. The number of thiocarbonyl (C=S) groups is 1. The van der Waals surface area contributed by atoms with Crippen LogP contribution < -0.4 is 16.0 Å². The van der Waals surface area contributed by atoms with Gasteiger partial charge in [0.25, 0.3) is 5.91 Å². The number of rotatable bonds is 4. The van der Waals surface area contributed by atoms with Gasteiger partial charge in [-0.3, -0.25) is 14.9 Å². The average molecular weight is 359 g/mol. The van der Waals surface area contributed by atoms with Crippen molar-refractivity contribution in [2.75, 3.05) is 10.6 Å². The smallest absolute Gasteiger partial charge is 0.257 e. The molecule has 0 aliphatic carbocycles. The summed E-state index contributed by atoms with van der Waals surface area (Å²) in [6.07, 6.45) is 0. The summed E-state index contributed by atoms with van der Waals surface area (Å²) < 4.78 is 12.9. The highest BCUT2D eigenvalue weighted by molar-refractivity contribution is 7.80. The van der Waals surface area contributed by atoms with Crippen molar-refractivity contribution in [1.29, 1.82) is 0 Å².